The molecule has 1 heterocycles. The molecule has 1 aliphatic rings. The Morgan fingerprint density at radius 2 is 2.10 bits per heavy atom. The van der Waals surface area contributed by atoms with Crippen LogP contribution in [0.2, 0.25) is 0 Å². The number of para-hydroxylation sites is 2. The van der Waals surface area contributed by atoms with Gasteiger partial charge in [-0.1, -0.05) is 12.1 Å². The van der Waals surface area contributed by atoms with E-state index in [0.717, 1.165) is 32.4 Å². The molecule has 1 aromatic carbocycles. The lowest BCUT2D eigenvalue weighted by Gasteiger charge is -2.22. The molecule has 2 rings (SSSR count). The summed E-state index contributed by atoms with van der Waals surface area (Å²) in [5.41, 5.74) is 0.686. The van der Waals surface area contributed by atoms with E-state index in [1.165, 1.54) is 6.07 Å². The van der Waals surface area contributed by atoms with E-state index in [0.29, 0.717) is 24.9 Å². The second-order valence-electron chi connectivity index (χ2n) is 4.87. The van der Waals surface area contributed by atoms with Gasteiger partial charge in [-0.3, -0.25) is 10.1 Å². The molecule has 6 nitrogen and oxygen atoms in total. The molecule has 0 saturated carbocycles. The first-order valence-electron chi connectivity index (χ1n) is 7.07. The van der Waals surface area contributed by atoms with Crippen molar-refractivity contribution in [3.05, 3.63) is 34.4 Å². The molecule has 0 aliphatic carbocycles. The Morgan fingerprint density at radius 3 is 2.85 bits per heavy atom. The van der Waals surface area contributed by atoms with E-state index in [1.807, 2.05) is 0 Å². The standard InChI is InChI=1S/C14H21N3O3/c18-17(19)14-5-2-1-4-13(14)16-8-3-11-20-12-6-9-15-10-7-12/h1-2,4-5,12,15-16H,3,6-11H2. The van der Waals surface area contributed by atoms with Crippen molar-refractivity contribution in [2.75, 3.05) is 31.6 Å². The maximum atomic E-state index is 10.9. The number of nitro benzene ring substituents is 1. The molecule has 2 N–H and O–H groups in total. The molecule has 0 amide bonds. The number of ether oxygens (including phenoxy) is 1. The summed E-state index contributed by atoms with van der Waals surface area (Å²) < 4.78 is 5.78. The summed E-state index contributed by atoms with van der Waals surface area (Å²) in [6.45, 7) is 3.42. The van der Waals surface area contributed by atoms with Crippen molar-refractivity contribution in [2.24, 2.45) is 0 Å². The number of piperidine rings is 1. The van der Waals surface area contributed by atoms with E-state index < -0.39 is 0 Å². The van der Waals surface area contributed by atoms with Gasteiger partial charge in [0.05, 0.1) is 11.0 Å². The fraction of sp³-hybridized carbons (Fsp3) is 0.571. The van der Waals surface area contributed by atoms with Crippen LogP contribution in [0.25, 0.3) is 0 Å². The van der Waals surface area contributed by atoms with Gasteiger partial charge in [-0.2, -0.15) is 0 Å². The molecule has 0 bridgehead atoms. The maximum absolute atomic E-state index is 10.9. The lowest BCUT2D eigenvalue weighted by atomic mass is 10.1. The quantitative estimate of drug-likeness (QED) is 0.454. The van der Waals surface area contributed by atoms with Gasteiger partial charge in [-0.15, -0.1) is 0 Å². The summed E-state index contributed by atoms with van der Waals surface area (Å²) in [6, 6.07) is 6.70. The summed E-state index contributed by atoms with van der Waals surface area (Å²) in [6.07, 6.45) is 3.34. The number of rotatable bonds is 7. The highest BCUT2D eigenvalue weighted by molar-refractivity contribution is 5.60. The fourth-order valence-corrected chi connectivity index (χ4v) is 2.29. The van der Waals surface area contributed by atoms with Gasteiger partial charge in [-0.05, 0) is 38.4 Å². The molecule has 0 radical (unpaired) electrons. The minimum atomic E-state index is -0.367. The molecular formula is C14H21N3O3. The predicted octanol–water partition coefficient (Wildman–Crippen LogP) is 2.17. The first kappa shape index (κ1) is 14.7. The van der Waals surface area contributed by atoms with E-state index in [1.54, 1.807) is 18.2 Å². The van der Waals surface area contributed by atoms with Gasteiger partial charge in [-0.25, -0.2) is 0 Å². The second-order valence-corrected chi connectivity index (χ2v) is 4.87. The molecule has 0 aromatic heterocycles. The zero-order valence-electron chi connectivity index (χ0n) is 11.5. The van der Waals surface area contributed by atoms with Crippen molar-refractivity contribution in [3.8, 4) is 0 Å². The third-order valence-corrected chi connectivity index (χ3v) is 3.38. The molecule has 1 fully saturated rings. The van der Waals surface area contributed by atoms with Gasteiger partial charge in [0.1, 0.15) is 5.69 Å². The summed E-state index contributed by atoms with van der Waals surface area (Å²) in [4.78, 5) is 10.5. The Bertz CT molecular complexity index is 433. The lowest BCUT2D eigenvalue weighted by Crippen LogP contribution is -2.32. The van der Waals surface area contributed by atoms with Crippen LogP contribution in [0.1, 0.15) is 19.3 Å². The van der Waals surface area contributed by atoms with Gasteiger partial charge < -0.3 is 15.4 Å². The number of hydrogen-bond acceptors (Lipinski definition) is 5. The van der Waals surface area contributed by atoms with Crippen molar-refractivity contribution < 1.29 is 9.66 Å². The molecular weight excluding hydrogens is 258 g/mol. The second kappa shape index (κ2) is 7.81. The van der Waals surface area contributed by atoms with Gasteiger partial charge >= 0.3 is 0 Å². The molecule has 1 aromatic rings. The Kier molecular flexibility index (Phi) is 5.76. The highest BCUT2D eigenvalue weighted by atomic mass is 16.6. The minimum absolute atomic E-state index is 0.117. The topological polar surface area (TPSA) is 76.4 Å². The number of nitrogens with zero attached hydrogens (tertiary/aromatic N) is 1. The van der Waals surface area contributed by atoms with Crippen molar-refractivity contribution >= 4 is 11.4 Å². The van der Waals surface area contributed by atoms with Crippen LogP contribution >= 0.6 is 0 Å². The van der Waals surface area contributed by atoms with E-state index in [9.17, 15) is 10.1 Å². The first-order chi connectivity index (χ1) is 9.77. The number of anilines is 1. The van der Waals surface area contributed by atoms with Crippen LogP contribution in [-0.2, 0) is 4.74 Å². The molecule has 0 unspecified atom stereocenters. The average molecular weight is 279 g/mol. The Labute approximate surface area is 118 Å². The van der Waals surface area contributed by atoms with E-state index >= 15 is 0 Å². The molecule has 110 valence electrons. The van der Waals surface area contributed by atoms with Gasteiger partial charge in [0.25, 0.3) is 5.69 Å². The molecule has 0 atom stereocenters. The molecule has 6 heteroatoms. The van der Waals surface area contributed by atoms with Crippen molar-refractivity contribution in [2.45, 2.75) is 25.4 Å². The highest BCUT2D eigenvalue weighted by Crippen LogP contribution is 2.22. The van der Waals surface area contributed by atoms with E-state index in [2.05, 4.69) is 10.6 Å². The average Bonchev–Trinajstić information content (AvgIpc) is 2.48. The highest BCUT2D eigenvalue weighted by Gasteiger charge is 2.13. The lowest BCUT2D eigenvalue weighted by molar-refractivity contribution is -0.384. The van der Waals surface area contributed by atoms with Gasteiger partial charge in [0.2, 0.25) is 0 Å². The summed E-state index contributed by atoms with van der Waals surface area (Å²) in [7, 11) is 0. The largest absolute Gasteiger partial charge is 0.379 e. The number of nitrogens with one attached hydrogen (secondary N) is 2. The van der Waals surface area contributed by atoms with Crippen LogP contribution in [0.3, 0.4) is 0 Å². The molecule has 0 spiro atoms. The third kappa shape index (κ3) is 4.47. The van der Waals surface area contributed by atoms with Gasteiger partial charge in [0, 0.05) is 19.2 Å². The molecule has 1 aliphatic heterocycles. The summed E-state index contributed by atoms with van der Waals surface area (Å²) in [5, 5.41) is 17.2. The van der Waals surface area contributed by atoms with Crippen molar-refractivity contribution in [1.29, 1.82) is 0 Å². The van der Waals surface area contributed by atoms with Crippen LogP contribution in [0.15, 0.2) is 24.3 Å². The predicted molar refractivity (Wildman–Crippen MR) is 78.0 cm³/mol. The normalized spacial score (nSPS) is 16.0. The van der Waals surface area contributed by atoms with Crippen LogP contribution in [-0.4, -0.2) is 37.3 Å². The molecule has 1 saturated heterocycles. The zero-order valence-corrected chi connectivity index (χ0v) is 11.5. The monoisotopic (exact) mass is 279 g/mol. The van der Waals surface area contributed by atoms with Crippen LogP contribution in [0, 0.1) is 10.1 Å². The van der Waals surface area contributed by atoms with Gasteiger partial charge in [0.15, 0.2) is 0 Å². The Morgan fingerprint density at radius 1 is 1.35 bits per heavy atom. The van der Waals surface area contributed by atoms with Crippen molar-refractivity contribution in [1.82, 2.24) is 5.32 Å². The minimum Gasteiger partial charge on any atom is -0.379 e. The van der Waals surface area contributed by atoms with E-state index in [4.69, 9.17) is 4.74 Å². The number of hydrogen-bond donors (Lipinski definition) is 2. The summed E-state index contributed by atoms with van der Waals surface area (Å²) >= 11 is 0. The third-order valence-electron chi connectivity index (χ3n) is 3.38. The Balaban J connectivity index is 1.67. The Hall–Kier alpha value is -1.66. The zero-order chi connectivity index (χ0) is 14.2. The van der Waals surface area contributed by atoms with Crippen LogP contribution in [0.4, 0.5) is 11.4 Å². The number of benzene rings is 1. The first-order valence-corrected chi connectivity index (χ1v) is 7.07. The maximum Gasteiger partial charge on any atom is 0.292 e. The molecule has 20 heavy (non-hydrogen) atoms. The smallest absolute Gasteiger partial charge is 0.292 e. The van der Waals surface area contributed by atoms with E-state index in [-0.39, 0.29) is 10.6 Å². The fourth-order valence-electron chi connectivity index (χ4n) is 2.29. The summed E-state index contributed by atoms with van der Waals surface area (Å²) in [5.74, 6) is 0. The van der Waals surface area contributed by atoms with Crippen molar-refractivity contribution in [3.63, 3.8) is 0 Å². The SMILES string of the molecule is O=[N+]([O-])c1ccccc1NCCCOC1CCNCC1. The van der Waals surface area contributed by atoms with Crippen LogP contribution in [0.5, 0.6) is 0 Å². The van der Waals surface area contributed by atoms with Crippen LogP contribution < -0.4 is 10.6 Å². The number of nitro groups is 1.